The van der Waals surface area contributed by atoms with Gasteiger partial charge in [0.05, 0.1) is 12.1 Å². The Morgan fingerprint density at radius 1 is 1.58 bits per heavy atom. The Morgan fingerprint density at radius 2 is 2.17 bits per heavy atom. The van der Waals surface area contributed by atoms with Gasteiger partial charge in [-0.1, -0.05) is 0 Å². The molecule has 0 aliphatic carbocycles. The van der Waals surface area contributed by atoms with E-state index >= 15 is 0 Å². The van der Waals surface area contributed by atoms with Gasteiger partial charge in [-0.05, 0) is 13.8 Å². The number of ether oxygens (including phenoxy) is 1. The van der Waals surface area contributed by atoms with Gasteiger partial charge in [-0.15, -0.1) is 11.6 Å². The molecule has 0 aromatic rings. The van der Waals surface area contributed by atoms with E-state index in [1.165, 1.54) is 4.31 Å². The largest absolute Gasteiger partial charge is 0.363 e. The van der Waals surface area contributed by atoms with E-state index in [9.17, 15) is 8.42 Å². The Balaban J connectivity index is 2.90. The fourth-order valence-corrected chi connectivity index (χ4v) is 2.65. The van der Waals surface area contributed by atoms with Gasteiger partial charge in [0.25, 0.3) is 0 Å². The van der Waals surface area contributed by atoms with Crippen molar-refractivity contribution in [2.45, 2.75) is 19.4 Å². The molecule has 0 aromatic carbocycles. The molecule has 6 heteroatoms. The average molecular weight is 214 g/mol. The van der Waals surface area contributed by atoms with E-state index in [1.807, 2.05) is 13.8 Å². The Kier molecular flexibility index (Phi) is 2.68. The zero-order valence-electron chi connectivity index (χ0n) is 7.08. The van der Waals surface area contributed by atoms with Crippen LogP contribution in [0.5, 0.6) is 0 Å². The molecule has 0 radical (unpaired) electrons. The van der Waals surface area contributed by atoms with E-state index in [0.29, 0.717) is 6.61 Å². The van der Waals surface area contributed by atoms with Crippen molar-refractivity contribution in [3.05, 3.63) is 0 Å². The molecule has 1 aliphatic heterocycles. The lowest BCUT2D eigenvalue weighted by molar-refractivity contribution is 0.171. The number of nitrogens with zero attached hydrogens (tertiary/aromatic N) is 1. The predicted octanol–water partition coefficient (Wildman–Crippen LogP) is 0.581. The summed E-state index contributed by atoms with van der Waals surface area (Å²) in [6, 6.07) is 0. The number of halogens is 1. The van der Waals surface area contributed by atoms with Gasteiger partial charge in [-0.25, -0.2) is 8.42 Å². The number of sulfonamides is 1. The van der Waals surface area contributed by atoms with Crippen LogP contribution < -0.4 is 0 Å². The first-order valence-electron chi connectivity index (χ1n) is 3.54. The van der Waals surface area contributed by atoms with E-state index in [4.69, 9.17) is 16.3 Å². The van der Waals surface area contributed by atoms with Crippen LogP contribution in [0.25, 0.3) is 0 Å². The molecule has 0 bridgehead atoms. The molecule has 0 N–H and O–H groups in total. The topological polar surface area (TPSA) is 46.6 Å². The third-order valence-corrected chi connectivity index (χ3v) is 4.19. The summed E-state index contributed by atoms with van der Waals surface area (Å²) >= 11 is 5.32. The second-order valence-corrected chi connectivity index (χ2v) is 5.84. The van der Waals surface area contributed by atoms with Crippen molar-refractivity contribution in [1.82, 2.24) is 4.31 Å². The number of hydrogen-bond donors (Lipinski definition) is 0. The fraction of sp³-hybridized carbons (Fsp3) is 1.00. The predicted molar refractivity (Wildman–Crippen MR) is 46.4 cm³/mol. The van der Waals surface area contributed by atoms with Crippen LogP contribution in [0.15, 0.2) is 0 Å². The lowest BCUT2D eigenvalue weighted by Crippen LogP contribution is -2.44. The highest BCUT2D eigenvalue weighted by atomic mass is 35.5. The third-order valence-electron chi connectivity index (χ3n) is 1.81. The minimum absolute atomic E-state index is 0.113. The summed E-state index contributed by atoms with van der Waals surface area (Å²) in [5.41, 5.74) is -0.465. The second kappa shape index (κ2) is 3.14. The summed E-state index contributed by atoms with van der Waals surface area (Å²) in [7, 11) is -3.33. The maximum absolute atomic E-state index is 11.3. The van der Waals surface area contributed by atoms with Crippen molar-refractivity contribution >= 4 is 21.6 Å². The molecule has 1 saturated heterocycles. The number of hydrogen-bond acceptors (Lipinski definition) is 3. The van der Waals surface area contributed by atoms with Crippen LogP contribution in [0, 0.1) is 0 Å². The Morgan fingerprint density at radius 3 is 2.50 bits per heavy atom. The fourth-order valence-electron chi connectivity index (χ4n) is 1.14. The molecule has 0 saturated carbocycles. The van der Waals surface area contributed by atoms with Gasteiger partial charge >= 0.3 is 0 Å². The lowest BCUT2D eigenvalue weighted by atomic mass is 10.1. The maximum Gasteiger partial charge on any atom is 0.230 e. The van der Waals surface area contributed by atoms with Crippen molar-refractivity contribution in [2.75, 3.05) is 18.5 Å². The van der Waals surface area contributed by atoms with Gasteiger partial charge in [0.15, 0.2) is 0 Å². The van der Waals surface area contributed by atoms with Gasteiger partial charge in [-0.2, -0.15) is 4.31 Å². The van der Waals surface area contributed by atoms with Crippen LogP contribution >= 0.6 is 11.6 Å². The van der Waals surface area contributed by atoms with Crippen molar-refractivity contribution in [3.8, 4) is 0 Å². The minimum atomic E-state index is -3.33. The van der Waals surface area contributed by atoms with Crippen LogP contribution in [0.1, 0.15) is 13.8 Å². The van der Waals surface area contributed by atoms with Gasteiger partial charge in [0, 0.05) is 0 Å². The van der Waals surface area contributed by atoms with Gasteiger partial charge < -0.3 is 4.74 Å². The molecule has 0 spiro atoms. The minimum Gasteiger partial charge on any atom is -0.363 e. The van der Waals surface area contributed by atoms with Crippen LogP contribution in [0.3, 0.4) is 0 Å². The maximum atomic E-state index is 11.3. The van der Waals surface area contributed by atoms with E-state index < -0.39 is 15.6 Å². The van der Waals surface area contributed by atoms with Gasteiger partial charge in [0.1, 0.15) is 11.9 Å². The quantitative estimate of drug-likeness (QED) is 0.631. The molecule has 0 unspecified atom stereocenters. The molecular weight excluding hydrogens is 202 g/mol. The molecule has 4 nitrogen and oxygen atoms in total. The number of rotatable bonds is 2. The summed E-state index contributed by atoms with van der Waals surface area (Å²) < 4.78 is 29.0. The molecular formula is C6H12ClNO3S. The summed E-state index contributed by atoms with van der Waals surface area (Å²) in [6.45, 7) is 4.15. The molecule has 0 amide bonds. The Bertz CT molecular complexity index is 262. The normalized spacial score (nSPS) is 24.6. The molecule has 72 valence electrons. The monoisotopic (exact) mass is 213 g/mol. The molecule has 1 rings (SSSR count). The smallest absolute Gasteiger partial charge is 0.230 e. The molecule has 1 heterocycles. The first kappa shape index (κ1) is 10.2. The second-order valence-electron chi connectivity index (χ2n) is 3.36. The Hall–Kier alpha value is 0.160. The van der Waals surface area contributed by atoms with Crippen molar-refractivity contribution in [1.29, 1.82) is 0 Å². The van der Waals surface area contributed by atoms with E-state index in [-0.39, 0.29) is 11.9 Å². The van der Waals surface area contributed by atoms with Crippen LogP contribution in [-0.4, -0.2) is 36.8 Å². The van der Waals surface area contributed by atoms with Gasteiger partial charge in [0.2, 0.25) is 10.0 Å². The molecule has 0 atom stereocenters. The highest BCUT2D eigenvalue weighted by molar-refractivity contribution is 7.90. The van der Waals surface area contributed by atoms with E-state index in [1.54, 1.807) is 0 Å². The first-order chi connectivity index (χ1) is 5.40. The molecule has 12 heavy (non-hydrogen) atoms. The van der Waals surface area contributed by atoms with Crippen molar-refractivity contribution in [2.24, 2.45) is 0 Å². The zero-order valence-corrected chi connectivity index (χ0v) is 8.65. The highest BCUT2D eigenvalue weighted by Gasteiger charge is 2.40. The molecule has 0 aromatic heterocycles. The van der Waals surface area contributed by atoms with Crippen LogP contribution in [0.2, 0.25) is 0 Å². The summed E-state index contributed by atoms with van der Waals surface area (Å²) in [5, 5.41) is -0.389. The lowest BCUT2D eigenvalue weighted by Gasteiger charge is -2.26. The molecule has 1 aliphatic rings. The number of alkyl halides is 1. The van der Waals surface area contributed by atoms with Crippen molar-refractivity contribution in [3.63, 3.8) is 0 Å². The van der Waals surface area contributed by atoms with E-state index in [0.717, 1.165) is 0 Å². The zero-order chi connectivity index (χ0) is 9.41. The van der Waals surface area contributed by atoms with Crippen LogP contribution in [-0.2, 0) is 14.8 Å². The SMILES string of the molecule is CC1(C)COCN1S(=O)(=O)CCl. The van der Waals surface area contributed by atoms with Crippen LogP contribution in [0.4, 0.5) is 0 Å². The molecule has 1 fully saturated rings. The first-order valence-corrected chi connectivity index (χ1v) is 5.69. The van der Waals surface area contributed by atoms with Gasteiger partial charge in [-0.3, -0.25) is 0 Å². The standard InChI is InChI=1S/C6H12ClNO3S/c1-6(2)3-11-5-8(6)12(9,10)4-7/h3-5H2,1-2H3. The Labute approximate surface area is 77.5 Å². The average Bonchev–Trinajstić information content (AvgIpc) is 2.30. The highest BCUT2D eigenvalue weighted by Crippen LogP contribution is 2.25. The summed E-state index contributed by atoms with van der Waals surface area (Å²) in [5.74, 6) is 0. The van der Waals surface area contributed by atoms with E-state index in [2.05, 4.69) is 0 Å². The summed E-state index contributed by atoms with van der Waals surface area (Å²) in [4.78, 5) is 0. The third kappa shape index (κ3) is 1.74. The van der Waals surface area contributed by atoms with Crippen molar-refractivity contribution < 1.29 is 13.2 Å². The summed E-state index contributed by atoms with van der Waals surface area (Å²) in [6.07, 6.45) is 0.